The number of carbonyl (C=O) groups excluding carboxylic acids is 1. The van der Waals surface area contributed by atoms with E-state index in [1.807, 2.05) is 17.0 Å². The molecule has 1 N–H and O–H groups in total. The van der Waals surface area contributed by atoms with Crippen molar-refractivity contribution in [1.29, 1.82) is 0 Å². The molecule has 2 aliphatic heterocycles. The molecule has 0 aromatic heterocycles. The maximum atomic E-state index is 12.5. The second-order valence-electron chi connectivity index (χ2n) is 5.45. The van der Waals surface area contributed by atoms with Crippen LogP contribution in [0.25, 0.3) is 0 Å². The molecule has 0 radical (unpaired) electrons. The number of rotatable bonds is 3. The summed E-state index contributed by atoms with van der Waals surface area (Å²) in [6, 6.07) is 6.07. The fraction of sp³-hybridized carbons (Fsp3) is 0.533. The lowest BCUT2D eigenvalue weighted by molar-refractivity contribution is 0.0775. The van der Waals surface area contributed by atoms with E-state index in [4.69, 9.17) is 4.74 Å². The standard InChI is InChI=1S/C15H20N2O2.ClH/c1-19-10-11-4-5-17(9-11)15(18)12-2-3-13-7-16-8-14(13)6-12;/h2-3,6,11,16H,4-5,7-10H2,1H3;1H. The first-order valence-electron chi connectivity index (χ1n) is 6.88. The van der Waals surface area contributed by atoms with Crippen LogP contribution in [0.5, 0.6) is 0 Å². The summed E-state index contributed by atoms with van der Waals surface area (Å²) in [4.78, 5) is 14.4. The molecule has 110 valence electrons. The van der Waals surface area contributed by atoms with Crippen molar-refractivity contribution in [3.8, 4) is 0 Å². The molecule has 1 aromatic rings. The Bertz CT molecular complexity index is 493. The lowest BCUT2D eigenvalue weighted by Gasteiger charge is -2.17. The number of ether oxygens (including phenoxy) is 1. The zero-order chi connectivity index (χ0) is 13.2. The number of hydrogen-bond donors (Lipinski definition) is 1. The average Bonchev–Trinajstić information content (AvgIpc) is 3.05. The van der Waals surface area contributed by atoms with Crippen LogP contribution in [0.2, 0.25) is 0 Å². The molecule has 4 nitrogen and oxygen atoms in total. The summed E-state index contributed by atoms with van der Waals surface area (Å²) in [5.74, 6) is 0.651. The third-order valence-corrected chi connectivity index (χ3v) is 4.06. The molecule has 5 heteroatoms. The van der Waals surface area contributed by atoms with Gasteiger partial charge in [-0.15, -0.1) is 12.4 Å². The van der Waals surface area contributed by atoms with Crippen molar-refractivity contribution in [2.24, 2.45) is 5.92 Å². The van der Waals surface area contributed by atoms with Gasteiger partial charge >= 0.3 is 0 Å². The number of amides is 1. The average molecular weight is 297 g/mol. The van der Waals surface area contributed by atoms with Crippen molar-refractivity contribution in [3.05, 3.63) is 34.9 Å². The maximum absolute atomic E-state index is 12.5. The van der Waals surface area contributed by atoms with E-state index in [-0.39, 0.29) is 18.3 Å². The van der Waals surface area contributed by atoms with Gasteiger partial charge in [-0.1, -0.05) is 6.07 Å². The van der Waals surface area contributed by atoms with Crippen molar-refractivity contribution >= 4 is 18.3 Å². The van der Waals surface area contributed by atoms with Crippen molar-refractivity contribution in [2.75, 3.05) is 26.8 Å². The van der Waals surface area contributed by atoms with Gasteiger partial charge in [0, 0.05) is 44.8 Å². The van der Waals surface area contributed by atoms with Crippen molar-refractivity contribution in [3.63, 3.8) is 0 Å². The molecule has 1 aromatic carbocycles. The van der Waals surface area contributed by atoms with E-state index < -0.39 is 0 Å². The minimum atomic E-state index is 0. The topological polar surface area (TPSA) is 41.6 Å². The van der Waals surface area contributed by atoms with E-state index in [9.17, 15) is 4.79 Å². The summed E-state index contributed by atoms with van der Waals surface area (Å²) in [6.07, 6.45) is 1.05. The Morgan fingerprint density at radius 2 is 2.20 bits per heavy atom. The third kappa shape index (κ3) is 2.97. The van der Waals surface area contributed by atoms with Gasteiger partial charge in [-0.05, 0) is 29.7 Å². The van der Waals surface area contributed by atoms with Crippen molar-refractivity contribution in [2.45, 2.75) is 19.5 Å². The Hall–Kier alpha value is -1.10. The number of hydrogen-bond acceptors (Lipinski definition) is 3. The predicted octanol–water partition coefficient (Wildman–Crippen LogP) is 1.82. The van der Waals surface area contributed by atoms with Gasteiger partial charge in [-0.25, -0.2) is 0 Å². The second kappa shape index (κ2) is 6.57. The number of halogens is 1. The number of nitrogens with one attached hydrogen (secondary N) is 1. The summed E-state index contributed by atoms with van der Waals surface area (Å²) >= 11 is 0. The highest BCUT2D eigenvalue weighted by molar-refractivity contribution is 5.94. The van der Waals surface area contributed by atoms with Crippen LogP contribution in [0.3, 0.4) is 0 Å². The first-order valence-corrected chi connectivity index (χ1v) is 6.88. The zero-order valence-corrected chi connectivity index (χ0v) is 12.5. The summed E-state index contributed by atoms with van der Waals surface area (Å²) in [5.41, 5.74) is 3.40. The van der Waals surface area contributed by atoms with Gasteiger partial charge in [0.25, 0.3) is 5.91 Å². The van der Waals surface area contributed by atoms with Crippen LogP contribution in [0.4, 0.5) is 0 Å². The number of nitrogens with zero attached hydrogens (tertiary/aromatic N) is 1. The van der Waals surface area contributed by atoms with Crippen molar-refractivity contribution in [1.82, 2.24) is 10.2 Å². The van der Waals surface area contributed by atoms with Crippen molar-refractivity contribution < 1.29 is 9.53 Å². The highest BCUT2D eigenvalue weighted by Gasteiger charge is 2.27. The maximum Gasteiger partial charge on any atom is 0.253 e. The third-order valence-electron chi connectivity index (χ3n) is 4.06. The number of methoxy groups -OCH3 is 1. The molecule has 1 amide bonds. The molecule has 2 aliphatic rings. The van der Waals surface area contributed by atoms with E-state index in [1.54, 1.807) is 7.11 Å². The summed E-state index contributed by atoms with van der Waals surface area (Å²) in [7, 11) is 1.72. The molecule has 1 unspecified atom stereocenters. The molecular weight excluding hydrogens is 276 g/mol. The zero-order valence-electron chi connectivity index (χ0n) is 11.7. The SMILES string of the molecule is COCC1CCN(C(=O)c2ccc3c(c2)CNC3)C1.Cl. The molecule has 1 saturated heterocycles. The highest BCUT2D eigenvalue weighted by atomic mass is 35.5. The Labute approximate surface area is 125 Å². The highest BCUT2D eigenvalue weighted by Crippen LogP contribution is 2.22. The van der Waals surface area contributed by atoms with Crippen LogP contribution in [-0.4, -0.2) is 37.6 Å². The number of likely N-dealkylation sites (tertiary alicyclic amines) is 1. The largest absolute Gasteiger partial charge is 0.384 e. The van der Waals surface area contributed by atoms with E-state index in [0.717, 1.165) is 44.8 Å². The molecule has 1 fully saturated rings. The summed E-state index contributed by atoms with van der Waals surface area (Å²) in [6.45, 7) is 4.22. The lowest BCUT2D eigenvalue weighted by atomic mass is 10.1. The Kier molecular flexibility index (Phi) is 5.02. The first-order chi connectivity index (χ1) is 9.28. The van der Waals surface area contributed by atoms with Gasteiger partial charge in [0.15, 0.2) is 0 Å². The quantitative estimate of drug-likeness (QED) is 0.925. The number of fused-ring (bicyclic) bond motifs is 1. The Morgan fingerprint density at radius 1 is 1.40 bits per heavy atom. The van der Waals surface area contributed by atoms with Crippen LogP contribution in [-0.2, 0) is 17.8 Å². The van der Waals surface area contributed by atoms with Gasteiger partial charge < -0.3 is 15.0 Å². The van der Waals surface area contributed by atoms with Crippen LogP contribution in [0, 0.1) is 5.92 Å². The van der Waals surface area contributed by atoms with E-state index in [2.05, 4.69) is 11.4 Å². The molecule has 0 bridgehead atoms. The van der Waals surface area contributed by atoms with Gasteiger partial charge in [0.2, 0.25) is 0 Å². The molecule has 1 atom stereocenters. The number of benzene rings is 1. The van der Waals surface area contributed by atoms with Crippen LogP contribution < -0.4 is 5.32 Å². The lowest BCUT2D eigenvalue weighted by Crippen LogP contribution is -2.29. The Balaban J connectivity index is 0.00000147. The summed E-state index contributed by atoms with van der Waals surface area (Å²) in [5, 5.41) is 3.31. The Morgan fingerprint density at radius 3 is 3.00 bits per heavy atom. The second-order valence-corrected chi connectivity index (χ2v) is 5.45. The van der Waals surface area contributed by atoms with Crippen LogP contribution in [0.15, 0.2) is 18.2 Å². The molecule has 0 spiro atoms. The van der Waals surface area contributed by atoms with E-state index in [1.165, 1.54) is 11.1 Å². The molecule has 0 aliphatic carbocycles. The van der Waals surface area contributed by atoms with E-state index >= 15 is 0 Å². The molecule has 2 heterocycles. The predicted molar refractivity (Wildman–Crippen MR) is 80.1 cm³/mol. The monoisotopic (exact) mass is 296 g/mol. The van der Waals surface area contributed by atoms with Gasteiger partial charge in [0.1, 0.15) is 0 Å². The number of carbonyl (C=O) groups is 1. The molecule has 20 heavy (non-hydrogen) atoms. The fourth-order valence-corrected chi connectivity index (χ4v) is 3.00. The normalized spacial score (nSPS) is 20.6. The molecule has 0 saturated carbocycles. The fourth-order valence-electron chi connectivity index (χ4n) is 3.00. The molecular formula is C15H21ClN2O2. The van der Waals surface area contributed by atoms with Gasteiger partial charge in [-0.2, -0.15) is 0 Å². The van der Waals surface area contributed by atoms with Crippen LogP contribution in [0.1, 0.15) is 27.9 Å². The van der Waals surface area contributed by atoms with Crippen LogP contribution >= 0.6 is 12.4 Å². The first kappa shape index (κ1) is 15.3. The smallest absolute Gasteiger partial charge is 0.253 e. The van der Waals surface area contributed by atoms with Gasteiger partial charge in [-0.3, -0.25) is 4.79 Å². The minimum absolute atomic E-state index is 0. The minimum Gasteiger partial charge on any atom is -0.384 e. The van der Waals surface area contributed by atoms with E-state index in [0.29, 0.717) is 5.92 Å². The van der Waals surface area contributed by atoms with Gasteiger partial charge in [0.05, 0.1) is 6.61 Å². The molecule has 3 rings (SSSR count). The summed E-state index contributed by atoms with van der Waals surface area (Å²) < 4.78 is 5.17.